The van der Waals surface area contributed by atoms with Crippen LogP contribution in [-0.4, -0.2) is 37.8 Å². The first-order chi connectivity index (χ1) is 11.9. The van der Waals surface area contributed by atoms with Gasteiger partial charge in [0.1, 0.15) is 0 Å². The Kier molecular flexibility index (Phi) is 5.31. The van der Waals surface area contributed by atoms with Crippen molar-refractivity contribution in [2.24, 2.45) is 0 Å². The number of furan rings is 1. The molecule has 2 aromatic rings. The molecule has 1 saturated heterocycles. The molecule has 6 nitrogen and oxygen atoms in total. The van der Waals surface area contributed by atoms with E-state index in [4.69, 9.17) is 4.42 Å². The average Bonchev–Trinajstić information content (AvgIpc) is 3.02. The predicted molar refractivity (Wildman–Crippen MR) is 96.8 cm³/mol. The van der Waals surface area contributed by atoms with Gasteiger partial charge >= 0.3 is 0 Å². The Morgan fingerprint density at radius 1 is 1.16 bits per heavy atom. The lowest BCUT2D eigenvalue weighted by molar-refractivity contribution is 0.0894. The zero-order valence-corrected chi connectivity index (χ0v) is 16.1. The van der Waals surface area contributed by atoms with Gasteiger partial charge in [-0.2, -0.15) is 4.31 Å². The maximum Gasteiger partial charge on any atom is 0.287 e. The fraction of sp³-hybridized carbons (Fsp3) is 0.353. The van der Waals surface area contributed by atoms with E-state index in [1.165, 1.54) is 4.31 Å². The summed E-state index contributed by atoms with van der Waals surface area (Å²) in [4.78, 5) is 12.4. The zero-order valence-electron chi connectivity index (χ0n) is 13.7. The minimum Gasteiger partial charge on any atom is -0.444 e. The average molecular weight is 427 g/mol. The van der Waals surface area contributed by atoms with Crippen molar-refractivity contribution in [3.63, 3.8) is 0 Å². The number of carbonyl (C=O) groups excluding carboxylic acids is 1. The molecule has 1 amide bonds. The number of nitrogens with one attached hydrogen (secondary N) is 1. The molecule has 0 atom stereocenters. The topological polar surface area (TPSA) is 79.6 Å². The number of hydrogen-bond acceptors (Lipinski definition) is 4. The molecule has 0 radical (unpaired) electrons. The highest BCUT2D eigenvalue weighted by atomic mass is 79.9. The standard InChI is InChI=1S/C17H19BrN2O4S/c1-12-2-4-14(5-3-12)25(22,23)20-10-8-13(9-11-20)19-17(21)15-6-7-16(18)24-15/h2-7,13H,8-11H2,1H3,(H,19,21). The number of halogens is 1. The number of piperidine rings is 1. The van der Waals surface area contributed by atoms with Gasteiger partial charge in [-0.05, 0) is 60.0 Å². The SMILES string of the molecule is Cc1ccc(S(=O)(=O)N2CCC(NC(=O)c3ccc(Br)o3)CC2)cc1. The summed E-state index contributed by atoms with van der Waals surface area (Å²) in [5.41, 5.74) is 1.02. The van der Waals surface area contributed by atoms with Crippen molar-refractivity contribution in [2.45, 2.75) is 30.7 Å². The van der Waals surface area contributed by atoms with Crippen molar-refractivity contribution in [1.29, 1.82) is 0 Å². The van der Waals surface area contributed by atoms with Crippen molar-refractivity contribution < 1.29 is 17.6 Å². The molecular formula is C17H19BrN2O4S. The molecule has 2 heterocycles. The minimum atomic E-state index is -3.48. The molecule has 8 heteroatoms. The first kappa shape index (κ1) is 18.2. The largest absolute Gasteiger partial charge is 0.444 e. The number of sulfonamides is 1. The highest BCUT2D eigenvalue weighted by Gasteiger charge is 2.30. The van der Waals surface area contributed by atoms with Crippen LogP contribution in [0.1, 0.15) is 29.0 Å². The number of benzene rings is 1. The quantitative estimate of drug-likeness (QED) is 0.814. The first-order valence-electron chi connectivity index (χ1n) is 7.99. The van der Waals surface area contributed by atoms with Gasteiger partial charge < -0.3 is 9.73 Å². The van der Waals surface area contributed by atoms with Crippen molar-refractivity contribution >= 4 is 31.9 Å². The molecule has 0 bridgehead atoms. The summed E-state index contributed by atoms with van der Waals surface area (Å²) in [7, 11) is -3.48. The second kappa shape index (κ2) is 7.31. The van der Waals surface area contributed by atoms with E-state index in [1.807, 2.05) is 6.92 Å². The molecule has 0 saturated carbocycles. The number of rotatable bonds is 4. The van der Waals surface area contributed by atoms with Crippen LogP contribution in [0, 0.1) is 6.92 Å². The molecule has 1 N–H and O–H groups in total. The van der Waals surface area contributed by atoms with E-state index in [2.05, 4.69) is 21.2 Å². The van der Waals surface area contributed by atoms with Gasteiger partial charge in [-0.15, -0.1) is 0 Å². The summed E-state index contributed by atoms with van der Waals surface area (Å²) in [6, 6.07) is 10.0. The monoisotopic (exact) mass is 426 g/mol. The van der Waals surface area contributed by atoms with E-state index in [-0.39, 0.29) is 17.7 Å². The molecule has 1 fully saturated rings. The van der Waals surface area contributed by atoms with Crippen molar-refractivity contribution in [2.75, 3.05) is 13.1 Å². The number of nitrogens with zero attached hydrogens (tertiary/aromatic N) is 1. The van der Waals surface area contributed by atoms with E-state index in [1.54, 1.807) is 36.4 Å². The van der Waals surface area contributed by atoms with Crippen LogP contribution in [0.5, 0.6) is 0 Å². The van der Waals surface area contributed by atoms with E-state index in [0.717, 1.165) is 5.56 Å². The van der Waals surface area contributed by atoms with Crippen molar-refractivity contribution in [1.82, 2.24) is 9.62 Å². The van der Waals surface area contributed by atoms with Gasteiger partial charge in [0.05, 0.1) is 4.90 Å². The van der Waals surface area contributed by atoms with Crippen LogP contribution in [0.3, 0.4) is 0 Å². The summed E-state index contributed by atoms with van der Waals surface area (Å²) in [6.07, 6.45) is 1.14. The summed E-state index contributed by atoms with van der Waals surface area (Å²) >= 11 is 3.16. The summed E-state index contributed by atoms with van der Waals surface area (Å²) < 4.78 is 32.5. The van der Waals surface area contributed by atoms with Crippen LogP contribution in [0.2, 0.25) is 0 Å². The van der Waals surface area contributed by atoms with E-state index < -0.39 is 10.0 Å². The number of amides is 1. The molecule has 134 valence electrons. The smallest absolute Gasteiger partial charge is 0.287 e. The maximum absolute atomic E-state index is 12.7. The molecule has 0 unspecified atom stereocenters. The second-order valence-corrected chi connectivity index (χ2v) is 8.79. The van der Waals surface area contributed by atoms with Crippen molar-refractivity contribution in [3.05, 3.63) is 52.4 Å². The molecule has 1 aliphatic heterocycles. The molecule has 0 aliphatic carbocycles. The Morgan fingerprint density at radius 3 is 2.36 bits per heavy atom. The van der Waals surface area contributed by atoms with Crippen LogP contribution in [0.25, 0.3) is 0 Å². The lowest BCUT2D eigenvalue weighted by Gasteiger charge is -2.31. The van der Waals surface area contributed by atoms with Crippen LogP contribution < -0.4 is 5.32 Å². The lowest BCUT2D eigenvalue weighted by atomic mass is 10.1. The molecule has 1 aromatic heterocycles. The highest BCUT2D eigenvalue weighted by Crippen LogP contribution is 2.21. The molecule has 0 spiro atoms. The van der Waals surface area contributed by atoms with Gasteiger partial charge in [-0.25, -0.2) is 8.42 Å². The third-order valence-corrected chi connectivity index (χ3v) is 6.58. The Morgan fingerprint density at radius 2 is 1.80 bits per heavy atom. The fourth-order valence-corrected chi connectivity index (χ4v) is 4.57. The zero-order chi connectivity index (χ0) is 18.0. The predicted octanol–water partition coefficient (Wildman–Crippen LogP) is 2.93. The van der Waals surface area contributed by atoms with Crippen LogP contribution >= 0.6 is 15.9 Å². The van der Waals surface area contributed by atoms with Gasteiger partial charge in [0.15, 0.2) is 10.4 Å². The highest BCUT2D eigenvalue weighted by molar-refractivity contribution is 9.10. The van der Waals surface area contributed by atoms with Gasteiger partial charge in [-0.1, -0.05) is 17.7 Å². The fourth-order valence-electron chi connectivity index (χ4n) is 2.79. The Balaban J connectivity index is 1.59. The molecular weight excluding hydrogens is 408 g/mol. The maximum atomic E-state index is 12.7. The molecule has 1 aliphatic rings. The third-order valence-electron chi connectivity index (χ3n) is 4.24. The van der Waals surface area contributed by atoms with Gasteiger partial charge in [0, 0.05) is 19.1 Å². The first-order valence-corrected chi connectivity index (χ1v) is 10.2. The van der Waals surface area contributed by atoms with E-state index >= 15 is 0 Å². The molecule has 1 aromatic carbocycles. The normalized spacial score (nSPS) is 16.7. The van der Waals surface area contributed by atoms with E-state index in [9.17, 15) is 13.2 Å². The van der Waals surface area contributed by atoms with Crippen LogP contribution in [0.15, 0.2) is 50.4 Å². The van der Waals surface area contributed by atoms with Crippen LogP contribution in [0.4, 0.5) is 0 Å². The molecule has 25 heavy (non-hydrogen) atoms. The van der Waals surface area contributed by atoms with Crippen LogP contribution in [-0.2, 0) is 10.0 Å². The lowest BCUT2D eigenvalue weighted by Crippen LogP contribution is -2.46. The van der Waals surface area contributed by atoms with E-state index in [0.29, 0.717) is 35.5 Å². The number of carbonyl (C=O) groups is 1. The summed E-state index contributed by atoms with van der Waals surface area (Å²) in [5, 5.41) is 2.89. The summed E-state index contributed by atoms with van der Waals surface area (Å²) in [5.74, 6) is -0.0490. The van der Waals surface area contributed by atoms with Gasteiger partial charge in [0.2, 0.25) is 10.0 Å². The Hall–Kier alpha value is -1.64. The molecule has 3 rings (SSSR count). The number of hydrogen-bond donors (Lipinski definition) is 1. The van der Waals surface area contributed by atoms with Crippen molar-refractivity contribution in [3.8, 4) is 0 Å². The Labute approximate surface area is 155 Å². The Bertz CT molecular complexity index is 853. The minimum absolute atomic E-state index is 0.0687. The van der Waals surface area contributed by atoms with Gasteiger partial charge in [-0.3, -0.25) is 4.79 Å². The number of aryl methyl sites for hydroxylation is 1. The summed E-state index contributed by atoms with van der Waals surface area (Å²) in [6.45, 7) is 2.67. The third kappa shape index (κ3) is 4.13. The second-order valence-electron chi connectivity index (χ2n) is 6.07. The van der Waals surface area contributed by atoms with Gasteiger partial charge in [0.25, 0.3) is 5.91 Å².